The number of guanidine groups is 1. The molecule has 2 rings (SSSR count). The van der Waals surface area contributed by atoms with Crippen LogP contribution in [0.15, 0.2) is 23.2 Å². The molecule has 0 saturated carbocycles. The zero-order chi connectivity index (χ0) is 17.0. The topological polar surface area (TPSA) is 54.2 Å². The van der Waals surface area contributed by atoms with E-state index in [0.717, 1.165) is 22.5 Å². The number of hydrogen-bond acceptors (Lipinski definition) is 2. The van der Waals surface area contributed by atoms with Crippen molar-refractivity contribution in [2.75, 3.05) is 7.05 Å². The number of nitrogens with one attached hydrogen (secondary N) is 2. The fourth-order valence-electron chi connectivity index (χ4n) is 2.40. The van der Waals surface area contributed by atoms with Gasteiger partial charge in [-0.25, -0.2) is 4.39 Å². The Morgan fingerprint density at radius 1 is 1.21 bits per heavy atom. The summed E-state index contributed by atoms with van der Waals surface area (Å²) in [4.78, 5) is 4.20. The number of rotatable bonds is 4. The minimum atomic E-state index is -0.186. The molecule has 24 heavy (non-hydrogen) atoms. The molecule has 5 nitrogen and oxygen atoms in total. The van der Waals surface area contributed by atoms with Crippen molar-refractivity contribution in [3.8, 4) is 0 Å². The van der Waals surface area contributed by atoms with Crippen LogP contribution in [0, 0.1) is 26.6 Å². The molecule has 0 bridgehead atoms. The van der Waals surface area contributed by atoms with Gasteiger partial charge < -0.3 is 10.6 Å². The smallest absolute Gasteiger partial charge is 0.191 e. The molecule has 0 saturated heterocycles. The number of benzene rings is 1. The first kappa shape index (κ1) is 20.4. The van der Waals surface area contributed by atoms with Crippen molar-refractivity contribution in [3.63, 3.8) is 0 Å². The first-order valence-electron chi connectivity index (χ1n) is 7.61. The summed E-state index contributed by atoms with van der Waals surface area (Å²) in [6, 6.07) is 5.24. The van der Waals surface area contributed by atoms with Crippen molar-refractivity contribution in [2.24, 2.45) is 12.0 Å². The van der Waals surface area contributed by atoms with Crippen LogP contribution in [0.25, 0.3) is 0 Å². The van der Waals surface area contributed by atoms with E-state index in [0.29, 0.717) is 24.6 Å². The summed E-state index contributed by atoms with van der Waals surface area (Å²) in [5.74, 6) is 0.488. The maximum atomic E-state index is 13.6. The third-order valence-electron chi connectivity index (χ3n) is 4.01. The van der Waals surface area contributed by atoms with Crippen LogP contribution in [0.5, 0.6) is 0 Å². The Balaban J connectivity index is 0.00000288. The number of aryl methyl sites for hydroxylation is 3. The van der Waals surface area contributed by atoms with E-state index in [2.05, 4.69) is 20.7 Å². The van der Waals surface area contributed by atoms with Gasteiger partial charge in [-0.3, -0.25) is 9.67 Å². The summed E-state index contributed by atoms with van der Waals surface area (Å²) < 4.78 is 15.4. The van der Waals surface area contributed by atoms with Gasteiger partial charge in [-0.1, -0.05) is 12.1 Å². The number of halogens is 2. The lowest BCUT2D eigenvalue weighted by molar-refractivity contribution is 0.615. The molecule has 2 N–H and O–H groups in total. The van der Waals surface area contributed by atoms with Crippen LogP contribution in [0.4, 0.5) is 4.39 Å². The van der Waals surface area contributed by atoms with Gasteiger partial charge in [0.25, 0.3) is 0 Å². The van der Waals surface area contributed by atoms with Crippen molar-refractivity contribution in [1.82, 2.24) is 20.4 Å². The van der Waals surface area contributed by atoms with E-state index in [9.17, 15) is 4.39 Å². The van der Waals surface area contributed by atoms with Crippen LogP contribution in [0.3, 0.4) is 0 Å². The van der Waals surface area contributed by atoms with E-state index in [1.54, 1.807) is 26.1 Å². The normalized spacial score (nSPS) is 11.2. The molecule has 0 aliphatic heterocycles. The van der Waals surface area contributed by atoms with Gasteiger partial charge in [0, 0.05) is 38.4 Å². The van der Waals surface area contributed by atoms with Gasteiger partial charge >= 0.3 is 0 Å². The minimum Gasteiger partial charge on any atom is -0.352 e. The van der Waals surface area contributed by atoms with Gasteiger partial charge in [0.2, 0.25) is 0 Å². The Morgan fingerprint density at radius 2 is 1.88 bits per heavy atom. The van der Waals surface area contributed by atoms with E-state index in [1.807, 2.05) is 31.6 Å². The van der Waals surface area contributed by atoms with Crippen LogP contribution < -0.4 is 10.6 Å². The molecule has 1 aromatic carbocycles. The van der Waals surface area contributed by atoms with E-state index >= 15 is 0 Å². The van der Waals surface area contributed by atoms with Crippen LogP contribution in [0.1, 0.15) is 28.1 Å². The standard InChI is InChI=1S/C17H24FN5.HI/c1-11-6-7-14(8-16(11)18)9-20-17(19-4)21-10-15-12(2)22-23(5)13(15)3;/h6-8H,9-10H2,1-5H3,(H2,19,20,21);1H. The van der Waals surface area contributed by atoms with E-state index in [1.165, 1.54) is 0 Å². The predicted octanol–water partition coefficient (Wildman–Crippen LogP) is 2.97. The van der Waals surface area contributed by atoms with Crippen molar-refractivity contribution < 1.29 is 4.39 Å². The lowest BCUT2D eigenvalue weighted by Gasteiger charge is -2.12. The van der Waals surface area contributed by atoms with E-state index in [-0.39, 0.29) is 29.8 Å². The molecule has 7 heteroatoms. The Bertz CT molecular complexity index is 724. The Kier molecular flexibility index (Phi) is 7.65. The first-order valence-corrected chi connectivity index (χ1v) is 7.61. The number of aliphatic imine (C=N–C) groups is 1. The summed E-state index contributed by atoms with van der Waals surface area (Å²) >= 11 is 0. The maximum Gasteiger partial charge on any atom is 0.191 e. The zero-order valence-corrected chi connectivity index (χ0v) is 17.1. The molecule has 0 radical (unpaired) electrons. The molecular weight excluding hydrogens is 420 g/mol. The van der Waals surface area contributed by atoms with E-state index in [4.69, 9.17) is 0 Å². The number of nitrogens with zero attached hydrogens (tertiary/aromatic N) is 3. The molecule has 0 aliphatic carbocycles. The fourth-order valence-corrected chi connectivity index (χ4v) is 2.40. The van der Waals surface area contributed by atoms with Crippen molar-refractivity contribution in [3.05, 3.63) is 52.1 Å². The van der Waals surface area contributed by atoms with Gasteiger partial charge in [-0.15, -0.1) is 24.0 Å². The lowest BCUT2D eigenvalue weighted by Crippen LogP contribution is -2.36. The van der Waals surface area contributed by atoms with Gasteiger partial charge in [0.15, 0.2) is 5.96 Å². The molecular formula is C17H25FIN5. The summed E-state index contributed by atoms with van der Waals surface area (Å²) in [6.07, 6.45) is 0. The summed E-state index contributed by atoms with van der Waals surface area (Å²) in [6.45, 7) is 6.96. The highest BCUT2D eigenvalue weighted by atomic mass is 127. The van der Waals surface area contributed by atoms with Crippen LogP contribution in [-0.2, 0) is 20.1 Å². The average Bonchev–Trinajstić information content (AvgIpc) is 2.76. The number of hydrogen-bond donors (Lipinski definition) is 2. The summed E-state index contributed by atoms with van der Waals surface area (Å²) in [5.41, 5.74) is 4.83. The molecule has 2 aromatic rings. The Morgan fingerprint density at radius 3 is 2.42 bits per heavy atom. The largest absolute Gasteiger partial charge is 0.352 e. The minimum absolute atomic E-state index is 0. The van der Waals surface area contributed by atoms with E-state index < -0.39 is 0 Å². The number of aromatic nitrogens is 2. The molecule has 0 aliphatic rings. The molecule has 1 aromatic heterocycles. The van der Waals surface area contributed by atoms with Gasteiger partial charge in [0.05, 0.1) is 5.69 Å². The van der Waals surface area contributed by atoms with Crippen molar-refractivity contribution in [2.45, 2.75) is 33.9 Å². The summed E-state index contributed by atoms with van der Waals surface area (Å²) in [5, 5.41) is 10.9. The second kappa shape index (κ2) is 9.00. The maximum absolute atomic E-state index is 13.6. The molecule has 0 fully saturated rings. The highest BCUT2D eigenvalue weighted by Gasteiger charge is 2.09. The van der Waals surface area contributed by atoms with Crippen molar-refractivity contribution in [1.29, 1.82) is 0 Å². The average molecular weight is 445 g/mol. The van der Waals surface area contributed by atoms with Gasteiger partial charge in [0.1, 0.15) is 5.82 Å². The van der Waals surface area contributed by atoms with Crippen molar-refractivity contribution >= 4 is 29.9 Å². The fraction of sp³-hybridized carbons (Fsp3) is 0.412. The predicted molar refractivity (Wildman–Crippen MR) is 106 cm³/mol. The zero-order valence-electron chi connectivity index (χ0n) is 14.8. The van der Waals surface area contributed by atoms with Crippen LogP contribution >= 0.6 is 24.0 Å². The highest BCUT2D eigenvalue weighted by molar-refractivity contribution is 14.0. The summed E-state index contributed by atoms with van der Waals surface area (Å²) in [7, 11) is 3.65. The molecule has 0 atom stereocenters. The second-order valence-electron chi connectivity index (χ2n) is 5.64. The highest BCUT2D eigenvalue weighted by Crippen LogP contribution is 2.11. The molecule has 0 unspecified atom stereocenters. The monoisotopic (exact) mass is 445 g/mol. The molecule has 0 amide bonds. The third kappa shape index (κ3) is 4.93. The molecule has 0 spiro atoms. The lowest BCUT2D eigenvalue weighted by atomic mass is 10.1. The molecule has 1 heterocycles. The molecule has 132 valence electrons. The van der Waals surface area contributed by atoms with Crippen LogP contribution in [0.2, 0.25) is 0 Å². The van der Waals surface area contributed by atoms with Crippen LogP contribution in [-0.4, -0.2) is 22.8 Å². The Labute approximate surface area is 159 Å². The van der Waals surface area contributed by atoms with Gasteiger partial charge in [-0.05, 0) is 38.0 Å². The SMILES string of the molecule is CN=C(NCc1ccc(C)c(F)c1)NCc1c(C)nn(C)c1C.I. The quantitative estimate of drug-likeness (QED) is 0.433. The third-order valence-corrected chi connectivity index (χ3v) is 4.01. The second-order valence-corrected chi connectivity index (χ2v) is 5.64. The van der Waals surface area contributed by atoms with Gasteiger partial charge in [-0.2, -0.15) is 5.10 Å². The Hall–Kier alpha value is -1.64. The first-order chi connectivity index (χ1) is 10.9.